The number of aromatic nitrogens is 1. The van der Waals surface area contributed by atoms with Crippen molar-refractivity contribution in [2.75, 3.05) is 19.6 Å². The number of aliphatic imine (C=N–C) groups is 2. The number of carbonyl (C=O) groups is 10. The Hall–Kier alpha value is -9.56. The Bertz CT molecular complexity index is 2960. The average Bonchev–Trinajstić information content (AvgIpc) is 3.87. The maximum atomic E-state index is 15.0. The second-order valence-electron chi connectivity index (χ2n) is 19.8. The molecule has 27 nitrogen and oxygen atoms in total. The summed E-state index contributed by atoms with van der Waals surface area (Å²) in [5, 5.41) is 22.1. The van der Waals surface area contributed by atoms with Crippen LogP contribution < -0.4 is 76.9 Å². The van der Waals surface area contributed by atoms with Crippen molar-refractivity contribution in [2.45, 2.75) is 126 Å². The molecule has 0 radical (unpaired) electrons. The maximum absolute atomic E-state index is 15.0. The number of nitrogens with one attached hydrogen (secondary N) is 9. The summed E-state index contributed by atoms with van der Waals surface area (Å²) in [5.74, 6) is -8.85. The van der Waals surface area contributed by atoms with Gasteiger partial charge < -0.3 is 81.9 Å². The van der Waals surface area contributed by atoms with Crippen LogP contribution in [-0.4, -0.2) is 138 Å². The van der Waals surface area contributed by atoms with Crippen molar-refractivity contribution in [1.82, 2.24) is 47.5 Å². The Morgan fingerprint density at radius 2 is 1.20 bits per heavy atom. The number of aromatic amines is 1. The van der Waals surface area contributed by atoms with E-state index in [0.29, 0.717) is 30.4 Å². The van der Waals surface area contributed by atoms with Crippen LogP contribution in [0, 0.1) is 0 Å². The van der Waals surface area contributed by atoms with Crippen LogP contribution in [0.4, 0.5) is 0 Å². The molecule has 1 aliphatic heterocycles. The first-order valence-electron chi connectivity index (χ1n) is 26.9. The highest BCUT2D eigenvalue weighted by molar-refractivity contribution is 6.00. The number of H-pyrrole nitrogens is 1. The number of carbonyl (C=O) groups excluding carboxylic acids is 10. The number of nitrogens with two attached hydrogens (primary N) is 6. The summed E-state index contributed by atoms with van der Waals surface area (Å²) in [6.07, 6.45) is 1.68. The van der Waals surface area contributed by atoms with E-state index < -0.39 is 114 Å². The van der Waals surface area contributed by atoms with Crippen molar-refractivity contribution in [3.63, 3.8) is 0 Å². The highest BCUT2D eigenvalue weighted by atomic mass is 16.2. The average molecular weight is 1130 g/mol. The minimum absolute atomic E-state index is 0.00675. The summed E-state index contributed by atoms with van der Waals surface area (Å²) in [5.41, 5.74) is 35.8. The monoisotopic (exact) mass is 1130 g/mol. The van der Waals surface area contributed by atoms with Crippen LogP contribution in [0.2, 0.25) is 0 Å². The number of nitrogens with zero attached hydrogens (tertiary/aromatic N) is 2. The van der Waals surface area contributed by atoms with Crippen molar-refractivity contribution in [2.24, 2.45) is 44.4 Å². The van der Waals surface area contributed by atoms with Crippen LogP contribution in [0.1, 0.15) is 91.8 Å². The first-order valence-corrected chi connectivity index (χ1v) is 26.9. The zero-order chi connectivity index (χ0) is 59.7. The molecule has 1 aliphatic rings. The van der Waals surface area contributed by atoms with E-state index in [2.05, 4.69) is 57.5 Å². The number of hydrogen-bond acceptors (Lipinski definition) is 12. The predicted octanol–water partition coefficient (Wildman–Crippen LogP) is -2.62. The van der Waals surface area contributed by atoms with Gasteiger partial charge in [0.05, 0.1) is 6.42 Å². The molecule has 5 rings (SSSR count). The lowest BCUT2D eigenvalue weighted by atomic mass is 9.97. The fourth-order valence-electron chi connectivity index (χ4n) is 9.21. The molecule has 0 aliphatic carbocycles. The van der Waals surface area contributed by atoms with E-state index in [1.807, 2.05) is 24.3 Å². The van der Waals surface area contributed by atoms with Gasteiger partial charge in [0, 0.05) is 68.5 Å². The van der Waals surface area contributed by atoms with E-state index in [0.717, 1.165) is 10.9 Å². The molecule has 4 aromatic rings. The van der Waals surface area contributed by atoms with E-state index >= 15 is 0 Å². The lowest BCUT2D eigenvalue weighted by Crippen LogP contribution is -2.61. The lowest BCUT2D eigenvalue weighted by molar-refractivity contribution is -0.136. The molecule has 7 atom stereocenters. The third-order valence-electron chi connectivity index (χ3n) is 13.4. The topological polar surface area (TPSA) is 464 Å². The fraction of sp³-hybridized carbons (Fsp3) is 0.418. The summed E-state index contributed by atoms with van der Waals surface area (Å²) in [6.45, 7) is 1.34. The first kappa shape index (κ1) is 63.3. The predicted molar refractivity (Wildman–Crippen MR) is 305 cm³/mol. The van der Waals surface area contributed by atoms with Gasteiger partial charge in [0.25, 0.3) is 0 Å². The largest absolute Gasteiger partial charge is 0.370 e. The molecule has 0 bridgehead atoms. The van der Waals surface area contributed by atoms with Crippen LogP contribution >= 0.6 is 0 Å². The number of para-hydroxylation sites is 1. The number of primary amides is 2. The van der Waals surface area contributed by atoms with Crippen LogP contribution in [-0.2, 0) is 62.4 Å². The van der Waals surface area contributed by atoms with Crippen LogP contribution in [0.3, 0.4) is 0 Å². The molecule has 0 saturated carbocycles. The fourth-order valence-corrected chi connectivity index (χ4v) is 9.21. The SMILES string of the molecule is CC(=O)N[C@@H](CCCN=C(N)N)C(=O)N[C@H]1CC(=O)NCCCCC[C@@H](C(N)=O)NC(=O)[C@H](Cc2c[nH]c3ccccc23)NC(=O)[C@H](CCCN=C(N)N)NC(=O)[C@@H](Cc2ccccc2)NC(=O)[C@H](Cc2ccccc2C(N)=O)NC1=O. The van der Waals surface area contributed by atoms with Gasteiger partial charge in [-0.1, -0.05) is 79.6 Å². The van der Waals surface area contributed by atoms with E-state index in [1.165, 1.54) is 25.1 Å². The molecule has 1 fully saturated rings. The molecule has 82 heavy (non-hydrogen) atoms. The summed E-state index contributed by atoms with van der Waals surface area (Å²) in [7, 11) is 0. The molecule has 10 amide bonds. The number of rotatable bonds is 19. The Balaban J connectivity index is 1.59. The summed E-state index contributed by atoms with van der Waals surface area (Å²) < 4.78 is 0. The van der Waals surface area contributed by atoms with Crippen molar-refractivity contribution in [3.8, 4) is 0 Å². The molecule has 3 aromatic carbocycles. The number of hydrogen-bond donors (Lipinski definition) is 15. The zero-order valence-corrected chi connectivity index (χ0v) is 45.7. The van der Waals surface area contributed by atoms with Gasteiger partial charge in [-0.25, -0.2) is 0 Å². The zero-order valence-electron chi connectivity index (χ0n) is 45.7. The van der Waals surface area contributed by atoms with Gasteiger partial charge >= 0.3 is 0 Å². The minimum atomic E-state index is -1.71. The molecular formula is C55H75N17O10. The molecule has 1 saturated heterocycles. The summed E-state index contributed by atoms with van der Waals surface area (Å²) in [6, 6.07) is 11.7. The van der Waals surface area contributed by atoms with E-state index in [4.69, 9.17) is 34.4 Å². The van der Waals surface area contributed by atoms with Crippen molar-refractivity contribution in [1.29, 1.82) is 0 Å². The van der Waals surface area contributed by atoms with E-state index in [9.17, 15) is 47.9 Å². The van der Waals surface area contributed by atoms with Gasteiger partial charge in [-0.3, -0.25) is 57.9 Å². The molecule has 440 valence electrons. The molecule has 1 aromatic heterocycles. The smallest absolute Gasteiger partial charge is 0.248 e. The molecule has 0 spiro atoms. The van der Waals surface area contributed by atoms with Gasteiger partial charge in [-0.15, -0.1) is 0 Å². The summed E-state index contributed by atoms with van der Waals surface area (Å²) in [4.78, 5) is 150. The van der Waals surface area contributed by atoms with Crippen molar-refractivity contribution >= 4 is 81.9 Å². The molecular weight excluding hydrogens is 1060 g/mol. The normalized spacial score (nSPS) is 20.4. The van der Waals surface area contributed by atoms with Crippen LogP contribution in [0.5, 0.6) is 0 Å². The Morgan fingerprint density at radius 1 is 0.622 bits per heavy atom. The highest BCUT2D eigenvalue weighted by Crippen LogP contribution is 2.20. The third kappa shape index (κ3) is 20.6. The Labute approximate surface area is 473 Å². The maximum Gasteiger partial charge on any atom is 0.248 e. The lowest BCUT2D eigenvalue weighted by Gasteiger charge is -2.28. The number of guanidine groups is 2. The molecule has 21 N–H and O–H groups in total. The van der Waals surface area contributed by atoms with E-state index in [-0.39, 0.29) is 87.6 Å². The quantitative estimate of drug-likeness (QED) is 0.0260. The van der Waals surface area contributed by atoms with Crippen LogP contribution in [0.25, 0.3) is 10.9 Å². The first-order chi connectivity index (χ1) is 39.2. The second-order valence-corrected chi connectivity index (χ2v) is 19.8. The third-order valence-corrected chi connectivity index (χ3v) is 13.4. The number of benzene rings is 3. The molecule has 2 heterocycles. The van der Waals surface area contributed by atoms with Crippen LogP contribution in [0.15, 0.2) is 95.0 Å². The summed E-state index contributed by atoms with van der Waals surface area (Å²) >= 11 is 0. The van der Waals surface area contributed by atoms with E-state index in [1.54, 1.807) is 42.6 Å². The van der Waals surface area contributed by atoms with Gasteiger partial charge in [0.15, 0.2) is 11.9 Å². The van der Waals surface area contributed by atoms with Crippen molar-refractivity contribution < 1.29 is 47.9 Å². The minimum Gasteiger partial charge on any atom is -0.370 e. The molecule has 27 heteroatoms. The van der Waals surface area contributed by atoms with Crippen molar-refractivity contribution in [3.05, 3.63) is 107 Å². The Morgan fingerprint density at radius 3 is 1.85 bits per heavy atom. The second kappa shape index (κ2) is 31.9. The number of fused-ring (bicyclic) bond motifs is 1. The van der Waals surface area contributed by atoms with Gasteiger partial charge in [-0.2, -0.15) is 0 Å². The molecule has 0 unspecified atom stereocenters. The van der Waals surface area contributed by atoms with Gasteiger partial charge in [0.1, 0.15) is 42.3 Å². The Kier molecular flexibility index (Phi) is 24.6. The number of amides is 10. The van der Waals surface area contributed by atoms with Gasteiger partial charge in [0.2, 0.25) is 59.1 Å². The van der Waals surface area contributed by atoms with Gasteiger partial charge in [-0.05, 0) is 67.3 Å². The highest BCUT2D eigenvalue weighted by Gasteiger charge is 2.36. The standard InChI is InChI=1S/C55H75N17O10/c1-31(73)66-39(21-12-24-63-54(58)59)48(77)72-44-29-45(74)62-23-11-3-6-20-38(47(57)76)67-51(80)43(28-34-30-65-37-19-10-9-17-35(34)37)70-49(78)40(22-13-25-64-55(60)61)68-50(79)41(26-32-14-4-2-5-15-32)69-52(81)42(71-53(44)82)27-33-16-7-8-18-36(33)46(56)75/h2,4-5,7-10,14-19,30,38-44,65H,3,6,11-13,20-29H2,1H3,(H2,56,75)(H2,57,76)(H,62,74)(H,66,73)(H,67,80)(H,68,79)(H,69,81)(H,70,78)(H,71,82)(H,72,77)(H4,58,59,63)(H4,60,61,64)/t38-,39-,40-,41+,42-,43-,44-/m0/s1.